The third-order valence-corrected chi connectivity index (χ3v) is 4.24. The molecule has 0 radical (unpaired) electrons. The van der Waals surface area contributed by atoms with Crippen molar-refractivity contribution < 1.29 is 22.6 Å². The summed E-state index contributed by atoms with van der Waals surface area (Å²) >= 11 is 0. The molecule has 0 aromatic heterocycles. The van der Waals surface area contributed by atoms with Crippen LogP contribution in [0.25, 0.3) is 0 Å². The molecule has 0 bridgehead atoms. The van der Waals surface area contributed by atoms with Crippen molar-refractivity contribution in [1.29, 1.82) is 0 Å². The Kier molecular flexibility index (Phi) is 5.01. The van der Waals surface area contributed by atoms with Gasteiger partial charge < -0.3 is 10.6 Å². The second kappa shape index (κ2) is 6.81. The first-order valence-corrected chi connectivity index (χ1v) is 8.38. The molecule has 0 aliphatic rings. The molecule has 0 aliphatic carbocycles. The van der Waals surface area contributed by atoms with E-state index in [9.17, 15) is 22.6 Å². The third-order valence-electron chi connectivity index (χ3n) is 3.34. The molecule has 0 atom stereocenters. The summed E-state index contributed by atoms with van der Waals surface area (Å²) in [6.07, 6.45) is 0. The lowest BCUT2D eigenvalue weighted by atomic mass is 10.1. The van der Waals surface area contributed by atoms with Crippen LogP contribution in [0.1, 0.15) is 27.6 Å². The number of hydrogen-bond acceptors (Lipinski definition) is 5. The first-order valence-electron chi connectivity index (χ1n) is 6.94. The summed E-state index contributed by atoms with van der Waals surface area (Å²) in [4.78, 5) is 23.1. The van der Waals surface area contributed by atoms with Crippen molar-refractivity contribution in [2.75, 3.05) is 17.7 Å². The van der Waals surface area contributed by atoms with Crippen molar-refractivity contribution in [3.63, 3.8) is 0 Å². The smallest absolute Gasteiger partial charge is 0.295 e. The number of nitrogens with one attached hydrogen (secondary N) is 2. The van der Waals surface area contributed by atoms with Gasteiger partial charge in [0.15, 0.2) is 5.78 Å². The summed E-state index contributed by atoms with van der Waals surface area (Å²) in [6.45, 7) is 1.26. The molecule has 3 N–H and O–H groups in total. The minimum Gasteiger partial charge on any atom is -0.388 e. The van der Waals surface area contributed by atoms with Crippen molar-refractivity contribution >= 4 is 33.2 Å². The Morgan fingerprint density at radius 1 is 1.00 bits per heavy atom. The van der Waals surface area contributed by atoms with Gasteiger partial charge in [-0.15, -0.1) is 0 Å². The highest BCUT2D eigenvalue weighted by Crippen LogP contribution is 2.20. The highest BCUT2D eigenvalue weighted by atomic mass is 32.2. The van der Waals surface area contributed by atoms with Gasteiger partial charge in [-0.05, 0) is 43.3 Å². The van der Waals surface area contributed by atoms with Gasteiger partial charge in [0.2, 0.25) is 0 Å². The number of hydrogen-bond donors (Lipinski definition) is 3. The zero-order valence-electron chi connectivity index (χ0n) is 13.0. The molecule has 126 valence electrons. The third kappa shape index (κ3) is 3.98. The number of Topliss-reactive ketones (excluding diaryl/α,β-unsaturated/α-hetero) is 1. The molecule has 0 unspecified atom stereocenters. The average molecular weight is 348 g/mol. The van der Waals surface area contributed by atoms with Crippen LogP contribution in [0.3, 0.4) is 0 Å². The summed E-state index contributed by atoms with van der Waals surface area (Å²) in [5.74, 6) is -1.09. The number of amides is 1. The van der Waals surface area contributed by atoms with Crippen LogP contribution < -0.4 is 10.6 Å². The van der Waals surface area contributed by atoms with E-state index in [-0.39, 0.29) is 16.9 Å². The van der Waals surface area contributed by atoms with Gasteiger partial charge in [0.1, 0.15) is 4.90 Å². The molecule has 0 saturated carbocycles. The van der Waals surface area contributed by atoms with Crippen LogP contribution in [0, 0.1) is 0 Å². The lowest BCUT2D eigenvalue weighted by Gasteiger charge is -2.10. The highest BCUT2D eigenvalue weighted by Gasteiger charge is 2.22. The maximum Gasteiger partial charge on any atom is 0.295 e. The fourth-order valence-corrected chi connectivity index (χ4v) is 2.78. The van der Waals surface area contributed by atoms with E-state index in [2.05, 4.69) is 10.6 Å². The Balaban J connectivity index is 2.39. The molecule has 2 aromatic rings. The summed E-state index contributed by atoms with van der Waals surface area (Å²) in [5.41, 5.74) is 1.13. The van der Waals surface area contributed by atoms with E-state index in [1.165, 1.54) is 19.1 Å². The van der Waals surface area contributed by atoms with Crippen LogP contribution in [0.2, 0.25) is 0 Å². The molecule has 0 spiro atoms. The Morgan fingerprint density at radius 3 is 2.08 bits per heavy atom. The van der Waals surface area contributed by atoms with E-state index in [1.54, 1.807) is 31.3 Å². The van der Waals surface area contributed by atoms with Crippen LogP contribution in [-0.2, 0) is 10.1 Å². The summed E-state index contributed by atoms with van der Waals surface area (Å²) in [6, 6.07) is 10.3. The number of carbonyl (C=O) groups excluding carboxylic acids is 2. The van der Waals surface area contributed by atoms with Gasteiger partial charge in [0.25, 0.3) is 16.0 Å². The molecular formula is C16H16N2O5S. The maximum absolute atomic E-state index is 12.3. The molecule has 0 fully saturated rings. The first kappa shape index (κ1) is 17.6. The minimum atomic E-state index is -4.66. The van der Waals surface area contributed by atoms with E-state index in [0.29, 0.717) is 5.69 Å². The van der Waals surface area contributed by atoms with Gasteiger partial charge in [-0.2, -0.15) is 8.42 Å². The predicted octanol–water partition coefficient (Wildman–Crippen LogP) is 2.43. The molecule has 2 aromatic carbocycles. The van der Waals surface area contributed by atoms with Crippen molar-refractivity contribution in [3.8, 4) is 0 Å². The van der Waals surface area contributed by atoms with Crippen LogP contribution in [-0.4, -0.2) is 31.7 Å². The molecule has 0 aliphatic heterocycles. The summed E-state index contributed by atoms with van der Waals surface area (Å²) < 4.78 is 32.4. The van der Waals surface area contributed by atoms with E-state index in [4.69, 9.17) is 0 Å². The second-order valence-corrected chi connectivity index (χ2v) is 6.41. The fraction of sp³-hybridized carbons (Fsp3) is 0.125. The van der Waals surface area contributed by atoms with Crippen LogP contribution in [0.5, 0.6) is 0 Å². The van der Waals surface area contributed by atoms with Crippen LogP contribution >= 0.6 is 0 Å². The van der Waals surface area contributed by atoms with Gasteiger partial charge in [0, 0.05) is 24.0 Å². The molecule has 24 heavy (non-hydrogen) atoms. The van der Waals surface area contributed by atoms with Gasteiger partial charge in [0.05, 0.1) is 5.56 Å². The minimum absolute atomic E-state index is 0.0811. The normalized spacial score (nSPS) is 11.0. The molecule has 0 heterocycles. The number of ketones is 1. The van der Waals surface area contributed by atoms with Gasteiger partial charge >= 0.3 is 0 Å². The van der Waals surface area contributed by atoms with Crippen molar-refractivity contribution in [2.24, 2.45) is 0 Å². The number of anilines is 2. The maximum atomic E-state index is 12.3. The fourth-order valence-electron chi connectivity index (χ4n) is 2.06. The van der Waals surface area contributed by atoms with Crippen LogP contribution in [0.4, 0.5) is 11.4 Å². The quantitative estimate of drug-likeness (QED) is 0.565. The zero-order chi connectivity index (χ0) is 17.9. The Hall–Kier alpha value is -2.71. The number of carbonyl (C=O) groups is 2. The molecule has 1 amide bonds. The summed E-state index contributed by atoms with van der Waals surface area (Å²) in [7, 11) is -2.91. The lowest BCUT2D eigenvalue weighted by molar-refractivity contribution is 0.100. The van der Waals surface area contributed by atoms with Crippen molar-refractivity contribution in [3.05, 3.63) is 53.6 Å². The van der Waals surface area contributed by atoms with Gasteiger partial charge in [-0.25, -0.2) is 0 Å². The Bertz CT molecular complexity index is 889. The van der Waals surface area contributed by atoms with E-state index < -0.39 is 20.9 Å². The molecule has 7 nitrogen and oxygen atoms in total. The van der Waals surface area contributed by atoms with E-state index in [1.807, 2.05) is 0 Å². The Labute approximate surface area is 139 Å². The van der Waals surface area contributed by atoms with Crippen LogP contribution in [0.15, 0.2) is 47.4 Å². The lowest BCUT2D eigenvalue weighted by Crippen LogP contribution is -2.17. The average Bonchev–Trinajstić information content (AvgIpc) is 2.54. The highest BCUT2D eigenvalue weighted by molar-refractivity contribution is 7.86. The van der Waals surface area contributed by atoms with E-state index >= 15 is 0 Å². The van der Waals surface area contributed by atoms with Gasteiger partial charge in [-0.1, -0.05) is 6.07 Å². The van der Waals surface area contributed by atoms with Crippen molar-refractivity contribution in [2.45, 2.75) is 11.8 Å². The first-order chi connectivity index (χ1) is 11.2. The molecule has 8 heteroatoms. The zero-order valence-corrected chi connectivity index (χ0v) is 13.8. The number of benzene rings is 2. The monoisotopic (exact) mass is 348 g/mol. The predicted molar refractivity (Wildman–Crippen MR) is 90.2 cm³/mol. The number of rotatable bonds is 5. The standard InChI is InChI=1S/C16H16N2O5S/c1-10(19)11-3-8-14(15(9-11)24(21,22)23)16(20)18-13-6-4-12(17-2)5-7-13/h3-9,17H,1-2H3,(H,18,20)(H,21,22,23). The van der Waals surface area contributed by atoms with Gasteiger partial charge in [-0.3, -0.25) is 14.1 Å². The molecular weight excluding hydrogens is 332 g/mol. The summed E-state index contributed by atoms with van der Waals surface area (Å²) in [5, 5.41) is 5.47. The second-order valence-electron chi connectivity index (χ2n) is 5.02. The van der Waals surface area contributed by atoms with E-state index in [0.717, 1.165) is 11.8 Å². The largest absolute Gasteiger partial charge is 0.388 e. The molecule has 0 saturated heterocycles. The Morgan fingerprint density at radius 2 is 1.58 bits per heavy atom. The topological polar surface area (TPSA) is 113 Å². The molecule has 2 rings (SSSR count). The SMILES string of the molecule is CNc1ccc(NC(=O)c2ccc(C(C)=O)cc2S(=O)(=O)O)cc1. The van der Waals surface area contributed by atoms with Crippen molar-refractivity contribution in [1.82, 2.24) is 0 Å².